The van der Waals surface area contributed by atoms with E-state index in [0.717, 1.165) is 56.6 Å². The highest BCUT2D eigenvalue weighted by molar-refractivity contribution is 5.64. The lowest BCUT2D eigenvalue weighted by Gasteiger charge is -2.20. The molecule has 1 unspecified atom stereocenters. The first-order chi connectivity index (χ1) is 12.3. The van der Waals surface area contributed by atoms with Crippen LogP contribution in [0.2, 0.25) is 0 Å². The van der Waals surface area contributed by atoms with E-state index in [4.69, 9.17) is 14.0 Å². The largest absolute Gasteiger partial charge is 0.490 e. The molecule has 1 aromatic heterocycles. The third-order valence-electron chi connectivity index (χ3n) is 5.16. The van der Waals surface area contributed by atoms with Gasteiger partial charge in [-0.15, -0.1) is 0 Å². The first-order valence-electron chi connectivity index (χ1n) is 9.46. The fourth-order valence-corrected chi connectivity index (χ4v) is 3.76. The number of rotatable bonds is 5. The predicted molar refractivity (Wildman–Crippen MR) is 94.6 cm³/mol. The van der Waals surface area contributed by atoms with E-state index in [1.165, 1.54) is 18.4 Å². The van der Waals surface area contributed by atoms with Crippen molar-refractivity contribution in [1.29, 1.82) is 0 Å². The smallest absolute Gasteiger partial charge is 0.227 e. The van der Waals surface area contributed by atoms with Crippen molar-refractivity contribution in [3.63, 3.8) is 0 Å². The molecule has 0 N–H and O–H groups in total. The minimum atomic E-state index is 0.311. The van der Waals surface area contributed by atoms with Gasteiger partial charge in [-0.3, -0.25) is 0 Å². The van der Waals surface area contributed by atoms with Crippen LogP contribution in [0.5, 0.6) is 5.75 Å². The second-order valence-corrected chi connectivity index (χ2v) is 7.32. The van der Waals surface area contributed by atoms with Crippen LogP contribution in [0.3, 0.4) is 0 Å². The van der Waals surface area contributed by atoms with Crippen molar-refractivity contribution in [2.24, 2.45) is 5.92 Å². The molecule has 1 atom stereocenters. The van der Waals surface area contributed by atoms with Crippen LogP contribution in [0, 0.1) is 12.8 Å². The topological polar surface area (TPSA) is 57.4 Å². The molecule has 2 heterocycles. The van der Waals surface area contributed by atoms with E-state index in [1.54, 1.807) is 0 Å². The molecule has 1 aliphatic carbocycles. The van der Waals surface area contributed by atoms with Crippen LogP contribution in [0.1, 0.15) is 50.0 Å². The third kappa shape index (κ3) is 4.03. The van der Waals surface area contributed by atoms with Gasteiger partial charge in [0.2, 0.25) is 11.7 Å². The monoisotopic (exact) mass is 342 g/mol. The maximum atomic E-state index is 6.26. The average molecular weight is 342 g/mol. The summed E-state index contributed by atoms with van der Waals surface area (Å²) in [5.41, 5.74) is 2.10. The molecule has 0 radical (unpaired) electrons. The zero-order valence-corrected chi connectivity index (χ0v) is 14.9. The van der Waals surface area contributed by atoms with Crippen molar-refractivity contribution < 1.29 is 14.0 Å². The summed E-state index contributed by atoms with van der Waals surface area (Å²) >= 11 is 0. The van der Waals surface area contributed by atoms with Gasteiger partial charge in [0.1, 0.15) is 5.75 Å². The number of benzene rings is 1. The number of nitrogens with zero attached hydrogens (tertiary/aromatic N) is 2. The van der Waals surface area contributed by atoms with Gasteiger partial charge >= 0.3 is 0 Å². The van der Waals surface area contributed by atoms with Crippen molar-refractivity contribution in [3.05, 3.63) is 29.7 Å². The number of aryl methyl sites for hydroxylation is 1. The Kier molecular flexibility index (Phi) is 5.02. The molecule has 1 aromatic carbocycles. The van der Waals surface area contributed by atoms with Crippen LogP contribution in [0.25, 0.3) is 11.4 Å². The Bertz CT molecular complexity index is 701. The zero-order valence-electron chi connectivity index (χ0n) is 14.9. The standard InChI is InChI=1S/C20H26N2O3/c1-14-8-9-17(18(11-14)24-16-6-2-3-7-16)20-21-19(25-22-20)12-15-5-4-10-23-13-15/h8-9,11,15-16H,2-7,10,12-13H2,1H3. The van der Waals surface area contributed by atoms with E-state index in [9.17, 15) is 0 Å². The fourth-order valence-electron chi connectivity index (χ4n) is 3.76. The summed E-state index contributed by atoms with van der Waals surface area (Å²) in [5, 5.41) is 4.21. The van der Waals surface area contributed by atoms with E-state index in [2.05, 4.69) is 29.2 Å². The van der Waals surface area contributed by atoms with Crippen LogP contribution in [-0.4, -0.2) is 29.5 Å². The summed E-state index contributed by atoms with van der Waals surface area (Å²) < 4.78 is 17.3. The highest BCUT2D eigenvalue weighted by atomic mass is 16.5. The maximum absolute atomic E-state index is 6.26. The van der Waals surface area contributed by atoms with Crippen LogP contribution in [0.15, 0.2) is 22.7 Å². The molecule has 0 amide bonds. The summed E-state index contributed by atoms with van der Waals surface area (Å²) in [7, 11) is 0. The van der Waals surface area contributed by atoms with Gasteiger partial charge in [0.25, 0.3) is 0 Å². The molecule has 1 saturated heterocycles. The molecule has 5 nitrogen and oxygen atoms in total. The zero-order chi connectivity index (χ0) is 17.1. The first-order valence-corrected chi connectivity index (χ1v) is 9.46. The van der Waals surface area contributed by atoms with Gasteiger partial charge < -0.3 is 14.0 Å². The Labute approximate surface area is 148 Å². The lowest BCUT2D eigenvalue weighted by atomic mass is 9.99. The Morgan fingerprint density at radius 1 is 1.16 bits per heavy atom. The van der Waals surface area contributed by atoms with Gasteiger partial charge in [-0.1, -0.05) is 11.2 Å². The molecule has 0 spiro atoms. The number of hydrogen-bond acceptors (Lipinski definition) is 5. The number of aromatic nitrogens is 2. The molecule has 5 heteroatoms. The van der Waals surface area contributed by atoms with Crippen LogP contribution >= 0.6 is 0 Å². The Morgan fingerprint density at radius 2 is 2.04 bits per heavy atom. The summed E-state index contributed by atoms with van der Waals surface area (Å²) in [5.74, 6) is 2.67. The van der Waals surface area contributed by atoms with Crippen LogP contribution in [-0.2, 0) is 11.2 Å². The second kappa shape index (κ2) is 7.56. The van der Waals surface area contributed by atoms with E-state index < -0.39 is 0 Å². The average Bonchev–Trinajstić information content (AvgIpc) is 3.28. The summed E-state index contributed by atoms with van der Waals surface area (Å²) in [6.07, 6.45) is 8.15. The summed E-state index contributed by atoms with van der Waals surface area (Å²) in [6.45, 7) is 3.74. The highest BCUT2D eigenvalue weighted by Gasteiger charge is 2.22. The van der Waals surface area contributed by atoms with E-state index in [0.29, 0.717) is 23.7 Å². The fraction of sp³-hybridized carbons (Fsp3) is 0.600. The normalized spacial score (nSPS) is 21.6. The molecule has 0 bridgehead atoms. The van der Waals surface area contributed by atoms with Gasteiger partial charge in [0, 0.05) is 19.6 Å². The van der Waals surface area contributed by atoms with E-state index in [1.807, 2.05) is 6.07 Å². The van der Waals surface area contributed by atoms with Gasteiger partial charge in [-0.25, -0.2) is 0 Å². The van der Waals surface area contributed by atoms with Crippen LogP contribution in [0.4, 0.5) is 0 Å². The quantitative estimate of drug-likeness (QED) is 0.809. The van der Waals surface area contributed by atoms with E-state index >= 15 is 0 Å². The molecule has 25 heavy (non-hydrogen) atoms. The Balaban J connectivity index is 1.52. The van der Waals surface area contributed by atoms with Gasteiger partial charge in [-0.05, 0) is 69.1 Å². The third-order valence-corrected chi connectivity index (χ3v) is 5.16. The van der Waals surface area contributed by atoms with Crippen molar-refractivity contribution in [1.82, 2.24) is 10.1 Å². The lowest BCUT2D eigenvalue weighted by molar-refractivity contribution is 0.0520. The highest BCUT2D eigenvalue weighted by Crippen LogP contribution is 2.33. The summed E-state index contributed by atoms with van der Waals surface area (Å²) in [4.78, 5) is 4.63. The Morgan fingerprint density at radius 3 is 2.84 bits per heavy atom. The molecule has 1 aliphatic heterocycles. The molecule has 4 rings (SSSR count). The molecular weight excluding hydrogens is 316 g/mol. The number of hydrogen-bond donors (Lipinski definition) is 0. The van der Waals surface area contributed by atoms with E-state index in [-0.39, 0.29) is 0 Å². The van der Waals surface area contributed by atoms with Gasteiger partial charge in [-0.2, -0.15) is 4.98 Å². The van der Waals surface area contributed by atoms with Gasteiger partial charge in [0.15, 0.2) is 0 Å². The first kappa shape index (κ1) is 16.6. The van der Waals surface area contributed by atoms with Crippen molar-refractivity contribution >= 4 is 0 Å². The molecule has 1 saturated carbocycles. The molecular formula is C20H26N2O3. The van der Waals surface area contributed by atoms with Gasteiger partial charge in [0.05, 0.1) is 11.7 Å². The second-order valence-electron chi connectivity index (χ2n) is 7.32. The minimum Gasteiger partial charge on any atom is -0.490 e. The Hall–Kier alpha value is -1.88. The SMILES string of the molecule is Cc1ccc(-c2noc(CC3CCCOC3)n2)c(OC2CCCC2)c1. The maximum Gasteiger partial charge on any atom is 0.227 e. The van der Waals surface area contributed by atoms with Crippen molar-refractivity contribution in [2.75, 3.05) is 13.2 Å². The number of ether oxygens (including phenoxy) is 2. The van der Waals surface area contributed by atoms with Crippen molar-refractivity contribution in [3.8, 4) is 17.1 Å². The molecule has 134 valence electrons. The molecule has 2 aliphatic rings. The minimum absolute atomic E-state index is 0.311. The lowest BCUT2D eigenvalue weighted by Crippen LogP contribution is -2.19. The van der Waals surface area contributed by atoms with Crippen LogP contribution < -0.4 is 4.74 Å². The predicted octanol–water partition coefficient (Wildman–Crippen LogP) is 4.34. The molecule has 2 aromatic rings. The summed E-state index contributed by atoms with van der Waals surface area (Å²) in [6, 6.07) is 6.19. The van der Waals surface area contributed by atoms with Crippen molar-refractivity contribution in [2.45, 2.75) is 58.0 Å². The molecule has 2 fully saturated rings.